The van der Waals surface area contributed by atoms with E-state index in [0.29, 0.717) is 0 Å². The molecule has 0 unspecified atom stereocenters. The highest BCUT2D eigenvalue weighted by atomic mass is 32.2. The van der Waals surface area contributed by atoms with Crippen LogP contribution in [0, 0.1) is 12.7 Å². The van der Waals surface area contributed by atoms with Crippen molar-refractivity contribution in [3.05, 3.63) is 58.9 Å². The van der Waals surface area contributed by atoms with Crippen molar-refractivity contribution in [3.63, 3.8) is 0 Å². The summed E-state index contributed by atoms with van der Waals surface area (Å²) in [5, 5.41) is 2.84. The number of rotatable bonds is 9. The minimum absolute atomic E-state index is 0.188. The molecule has 2 aromatic rings. The van der Waals surface area contributed by atoms with Crippen molar-refractivity contribution in [1.82, 2.24) is 9.62 Å². The molecule has 0 heterocycles. The second-order valence-corrected chi connectivity index (χ2v) is 10.2. The number of anilines is 1. The van der Waals surface area contributed by atoms with Crippen LogP contribution in [0.15, 0.2) is 36.4 Å². The highest BCUT2D eigenvalue weighted by Gasteiger charge is 2.29. The standard InChI is InChI=1S/C23H32FN3O4S/c1-15(2)18-13-19(16(3)12-22(18)31-7)17(4)25-23(28)14-27(32(29,30)26(5)6)21-11-9-8-10-20(21)24/h8-13,15,17H,14H2,1-7H3,(H,25,28)/t17-/m1/s1. The number of amides is 1. The molecule has 0 saturated heterocycles. The highest BCUT2D eigenvalue weighted by Crippen LogP contribution is 2.32. The lowest BCUT2D eigenvalue weighted by Crippen LogP contribution is -2.46. The molecule has 0 aliphatic rings. The first-order chi connectivity index (χ1) is 14.9. The Morgan fingerprint density at radius 2 is 1.75 bits per heavy atom. The summed E-state index contributed by atoms with van der Waals surface area (Å²) in [6.45, 7) is 7.30. The van der Waals surface area contributed by atoms with E-state index >= 15 is 0 Å². The predicted molar refractivity (Wildman–Crippen MR) is 125 cm³/mol. The molecular weight excluding hydrogens is 433 g/mol. The van der Waals surface area contributed by atoms with Crippen LogP contribution in [0.3, 0.4) is 0 Å². The Morgan fingerprint density at radius 3 is 2.28 bits per heavy atom. The second kappa shape index (κ2) is 10.3. The summed E-state index contributed by atoms with van der Waals surface area (Å²) < 4.78 is 47.2. The Labute approximate surface area is 190 Å². The minimum Gasteiger partial charge on any atom is -0.496 e. The Balaban J connectivity index is 2.33. The van der Waals surface area contributed by atoms with Crippen LogP contribution < -0.4 is 14.4 Å². The van der Waals surface area contributed by atoms with E-state index in [2.05, 4.69) is 19.2 Å². The lowest BCUT2D eigenvalue weighted by molar-refractivity contribution is -0.120. The number of hydrogen-bond acceptors (Lipinski definition) is 4. The number of nitrogens with one attached hydrogen (secondary N) is 1. The van der Waals surface area contributed by atoms with Gasteiger partial charge in [0.2, 0.25) is 5.91 Å². The lowest BCUT2D eigenvalue weighted by atomic mass is 9.93. The van der Waals surface area contributed by atoms with Crippen LogP contribution in [-0.4, -0.2) is 46.4 Å². The van der Waals surface area contributed by atoms with E-state index in [9.17, 15) is 17.6 Å². The smallest absolute Gasteiger partial charge is 0.304 e. The molecule has 2 rings (SSSR count). The number of nitrogens with zero attached hydrogens (tertiary/aromatic N) is 2. The van der Waals surface area contributed by atoms with Gasteiger partial charge in [0.15, 0.2) is 0 Å². The molecule has 0 aliphatic carbocycles. The van der Waals surface area contributed by atoms with Crippen LogP contribution in [0.2, 0.25) is 0 Å². The number of ether oxygens (including phenoxy) is 1. The molecule has 0 spiro atoms. The molecular formula is C23H32FN3O4S. The van der Waals surface area contributed by atoms with Crippen LogP contribution in [0.4, 0.5) is 10.1 Å². The summed E-state index contributed by atoms with van der Waals surface area (Å²) in [5.41, 5.74) is 2.66. The zero-order valence-corrected chi connectivity index (χ0v) is 20.5. The number of carbonyl (C=O) groups excluding carboxylic acids is 1. The quantitative estimate of drug-likeness (QED) is 0.612. The first-order valence-corrected chi connectivity index (χ1v) is 11.7. The van der Waals surface area contributed by atoms with Crippen LogP contribution in [0.5, 0.6) is 5.75 Å². The van der Waals surface area contributed by atoms with Crippen LogP contribution in [-0.2, 0) is 15.0 Å². The van der Waals surface area contributed by atoms with Crippen LogP contribution in [0.1, 0.15) is 49.4 Å². The number of halogens is 1. The topological polar surface area (TPSA) is 79.0 Å². The summed E-state index contributed by atoms with van der Waals surface area (Å²) in [4.78, 5) is 12.9. The van der Waals surface area contributed by atoms with Gasteiger partial charge in [-0.25, -0.2) is 8.70 Å². The normalized spacial score (nSPS) is 12.7. The molecule has 1 N–H and O–H groups in total. The Kier molecular flexibility index (Phi) is 8.25. The molecule has 1 atom stereocenters. The number of hydrogen-bond donors (Lipinski definition) is 1. The number of para-hydroxylation sites is 1. The maximum absolute atomic E-state index is 14.4. The van der Waals surface area contributed by atoms with Crippen molar-refractivity contribution in [2.24, 2.45) is 0 Å². The van der Waals surface area contributed by atoms with Gasteiger partial charge in [0.1, 0.15) is 18.1 Å². The van der Waals surface area contributed by atoms with Crippen molar-refractivity contribution in [2.45, 2.75) is 39.7 Å². The van der Waals surface area contributed by atoms with Crippen molar-refractivity contribution < 1.29 is 22.3 Å². The third kappa shape index (κ3) is 5.58. The fraction of sp³-hybridized carbons (Fsp3) is 0.435. The highest BCUT2D eigenvalue weighted by molar-refractivity contribution is 7.90. The number of carbonyl (C=O) groups is 1. The van der Waals surface area contributed by atoms with E-state index in [4.69, 9.17) is 4.74 Å². The lowest BCUT2D eigenvalue weighted by Gasteiger charge is -2.28. The third-order valence-electron chi connectivity index (χ3n) is 5.23. The van der Waals surface area contributed by atoms with Gasteiger partial charge in [0.25, 0.3) is 0 Å². The van der Waals surface area contributed by atoms with Gasteiger partial charge >= 0.3 is 10.2 Å². The molecule has 176 valence electrons. The summed E-state index contributed by atoms with van der Waals surface area (Å²) in [6, 6.07) is 8.99. The largest absolute Gasteiger partial charge is 0.496 e. The van der Waals surface area contributed by atoms with Gasteiger partial charge < -0.3 is 10.1 Å². The van der Waals surface area contributed by atoms with Gasteiger partial charge in [-0.05, 0) is 60.7 Å². The van der Waals surface area contributed by atoms with Gasteiger partial charge in [-0.15, -0.1) is 0 Å². The average molecular weight is 466 g/mol. The van der Waals surface area contributed by atoms with Crippen molar-refractivity contribution in [3.8, 4) is 5.75 Å². The molecule has 32 heavy (non-hydrogen) atoms. The van der Waals surface area contributed by atoms with E-state index in [1.54, 1.807) is 7.11 Å². The van der Waals surface area contributed by atoms with Crippen LogP contribution in [0.25, 0.3) is 0 Å². The fourth-order valence-electron chi connectivity index (χ4n) is 3.45. The SMILES string of the molecule is COc1cc(C)c([C@@H](C)NC(=O)CN(c2ccccc2F)S(=O)(=O)N(C)C)cc1C(C)C. The Bertz CT molecular complexity index is 1070. The molecule has 0 fully saturated rings. The average Bonchev–Trinajstić information content (AvgIpc) is 2.71. The molecule has 2 aromatic carbocycles. The molecule has 7 nitrogen and oxygen atoms in total. The first-order valence-electron chi connectivity index (χ1n) is 10.3. The first kappa shape index (κ1) is 25.6. The minimum atomic E-state index is -4.10. The van der Waals surface area contributed by atoms with E-state index in [1.807, 2.05) is 26.0 Å². The zero-order valence-electron chi connectivity index (χ0n) is 19.6. The van der Waals surface area contributed by atoms with Gasteiger partial charge in [0, 0.05) is 14.1 Å². The fourth-order valence-corrected chi connectivity index (χ4v) is 4.52. The maximum atomic E-state index is 14.4. The van der Waals surface area contributed by atoms with Gasteiger partial charge in [-0.3, -0.25) is 4.79 Å². The molecule has 0 radical (unpaired) electrons. The van der Waals surface area contributed by atoms with E-state index in [0.717, 1.165) is 37.1 Å². The number of methoxy groups -OCH3 is 1. The van der Waals surface area contributed by atoms with Gasteiger partial charge in [0.05, 0.1) is 18.8 Å². The maximum Gasteiger partial charge on any atom is 0.304 e. The summed E-state index contributed by atoms with van der Waals surface area (Å²) in [5.74, 6) is -0.282. The summed E-state index contributed by atoms with van der Waals surface area (Å²) in [7, 11) is 0.186. The molecule has 0 aromatic heterocycles. The molecule has 9 heteroatoms. The monoisotopic (exact) mass is 465 g/mol. The van der Waals surface area contributed by atoms with Gasteiger partial charge in [-0.1, -0.05) is 26.0 Å². The molecule has 0 saturated carbocycles. The molecule has 1 amide bonds. The zero-order chi connectivity index (χ0) is 24.2. The van der Waals surface area contributed by atoms with E-state index in [-0.39, 0.29) is 11.6 Å². The van der Waals surface area contributed by atoms with E-state index < -0.39 is 34.5 Å². The summed E-state index contributed by atoms with van der Waals surface area (Å²) >= 11 is 0. The van der Waals surface area contributed by atoms with Crippen molar-refractivity contribution in [1.29, 1.82) is 0 Å². The second-order valence-electron chi connectivity index (χ2n) is 8.14. The Hall–Kier alpha value is -2.65. The predicted octanol–water partition coefficient (Wildman–Crippen LogP) is 3.76. The summed E-state index contributed by atoms with van der Waals surface area (Å²) in [6.07, 6.45) is 0. The number of aryl methyl sites for hydroxylation is 1. The Morgan fingerprint density at radius 1 is 1.12 bits per heavy atom. The van der Waals surface area contributed by atoms with Crippen molar-refractivity contribution in [2.75, 3.05) is 32.1 Å². The third-order valence-corrected chi connectivity index (χ3v) is 7.04. The van der Waals surface area contributed by atoms with Crippen LogP contribution >= 0.6 is 0 Å². The molecule has 0 bridgehead atoms. The van der Waals surface area contributed by atoms with Gasteiger partial charge in [-0.2, -0.15) is 12.7 Å². The molecule has 0 aliphatic heterocycles. The number of benzene rings is 2. The van der Waals surface area contributed by atoms with E-state index in [1.165, 1.54) is 32.3 Å². The van der Waals surface area contributed by atoms with Crippen molar-refractivity contribution >= 4 is 21.8 Å².